The van der Waals surface area contributed by atoms with Crippen LogP contribution in [0.1, 0.15) is 30.1 Å². The van der Waals surface area contributed by atoms with E-state index in [0.29, 0.717) is 37.2 Å². The molecule has 1 unspecified atom stereocenters. The van der Waals surface area contributed by atoms with Gasteiger partial charge in [0.05, 0.1) is 10.9 Å². The van der Waals surface area contributed by atoms with E-state index in [1.54, 1.807) is 6.92 Å². The van der Waals surface area contributed by atoms with Gasteiger partial charge < -0.3 is 10.6 Å². The third-order valence-corrected chi connectivity index (χ3v) is 6.28. The van der Waals surface area contributed by atoms with Crippen LogP contribution in [0.15, 0.2) is 53.4 Å². The minimum Gasteiger partial charge on any atom is -0.349 e. The van der Waals surface area contributed by atoms with E-state index in [1.165, 1.54) is 48.5 Å². The van der Waals surface area contributed by atoms with Crippen LogP contribution in [-0.4, -0.2) is 50.3 Å². The van der Waals surface area contributed by atoms with Crippen molar-refractivity contribution in [3.05, 3.63) is 59.9 Å². The summed E-state index contributed by atoms with van der Waals surface area (Å²) < 4.78 is 35.6. The van der Waals surface area contributed by atoms with Crippen molar-refractivity contribution < 1.29 is 22.4 Å². The Hall–Kier alpha value is -2.82. The van der Waals surface area contributed by atoms with E-state index in [1.807, 2.05) is 4.90 Å². The lowest BCUT2D eigenvalue weighted by Gasteiger charge is -2.35. The van der Waals surface area contributed by atoms with Crippen LogP contribution in [-0.2, 0) is 14.8 Å². The number of primary sulfonamides is 1. The summed E-state index contributed by atoms with van der Waals surface area (Å²) in [7, 11) is -3.78. The molecule has 0 aromatic heterocycles. The number of carbonyl (C=O) groups excluding carboxylic acids is 2. The number of likely N-dealkylation sites (tertiary alicyclic amines) is 1. The summed E-state index contributed by atoms with van der Waals surface area (Å²) >= 11 is 0. The minimum absolute atomic E-state index is 0.0187. The zero-order valence-electron chi connectivity index (χ0n) is 17.0. The van der Waals surface area contributed by atoms with Crippen molar-refractivity contribution in [3.63, 3.8) is 0 Å². The molecule has 8 nitrogen and oxygen atoms in total. The first-order valence-electron chi connectivity index (χ1n) is 9.87. The molecule has 2 aromatic carbocycles. The minimum atomic E-state index is -3.78. The number of nitrogens with two attached hydrogens (primary N) is 1. The number of nitrogens with one attached hydrogen (secondary N) is 2. The number of nitrogens with zero attached hydrogens (tertiary/aromatic N) is 1. The largest absolute Gasteiger partial charge is 0.349 e. The highest BCUT2D eigenvalue weighted by atomic mass is 32.2. The number of anilines is 1. The van der Waals surface area contributed by atoms with Crippen LogP contribution in [0.25, 0.3) is 0 Å². The molecule has 1 heterocycles. The zero-order chi connectivity index (χ0) is 22.6. The molecule has 1 saturated heterocycles. The molecule has 1 aliphatic heterocycles. The third-order valence-electron chi connectivity index (χ3n) is 5.35. The Labute approximate surface area is 180 Å². The Kier molecular flexibility index (Phi) is 7.04. The maximum atomic E-state index is 13.0. The van der Waals surface area contributed by atoms with Gasteiger partial charge in [0.15, 0.2) is 0 Å². The van der Waals surface area contributed by atoms with Crippen LogP contribution in [0, 0.1) is 5.82 Å². The first-order valence-corrected chi connectivity index (χ1v) is 11.4. The number of benzene rings is 2. The summed E-state index contributed by atoms with van der Waals surface area (Å²) in [6.07, 6.45) is 1.38. The number of sulfonamides is 1. The van der Waals surface area contributed by atoms with Gasteiger partial charge >= 0.3 is 0 Å². The Morgan fingerprint density at radius 1 is 1.06 bits per heavy atom. The van der Waals surface area contributed by atoms with Gasteiger partial charge in [-0.3, -0.25) is 14.5 Å². The molecule has 0 spiro atoms. The lowest BCUT2D eigenvalue weighted by Crippen LogP contribution is -2.50. The van der Waals surface area contributed by atoms with Gasteiger partial charge in [-0.1, -0.05) is 0 Å². The van der Waals surface area contributed by atoms with Crippen molar-refractivity contribution in [2.75, 3.05) is 18.4 Å². The van der Waals surface area contributed by atoms with Crippen molar-refractivity contribution in [1.82, 2.24) is 10.2 Å². The van der Waals surface area contributed by atoms with Crippen LogP contribution in [0.4, 0.5) is 10.1 Å². The second kappa shape index (κ2) is 9.54. The van der Waals surface area contributed by atoms with Gasteiger partial charge in [0.25, 0.3) is 5.91 Å². The van der Waals surface area contributed by atoms with E-state index in [4.69, 9.17) is 5.14 Å². The summed E-state index contributed by atoms with van der Waals surface area (Å²) in [5.41, 5.74) is 0.885. The molecule has 2 amide bonds. The fourth-order valence-electron chi connectivity index (χ4n) is 3.44. The summed E-state index contributed by atoms with van der Waals surface area (Å²) in [6.45, 7) is 3.06. The number of hydrogen-bond donors (Lipinski definition) is 3. The quantitative estimate of drug-likeness (QED) is 0.621. The van der Waals surface area contributed by atoms with Crippen molar-refractivity contribution in [2.24, 2.45) is 5.14 Å². The van der Waals surface area contributed by atoms with Crippen molar-refractivity contribution in [3.8, 4) is 0 Å². The van der Waals surface area contributed by atoms with Gasteiger partial charge in [-0.15, -0.1) is 0 Å². The summed E-state index contributed by atoms with van der Waals surface area (Å²) in [4.78, 5) is 26.8. The molecule has 0 saturated carbocycles. The zero-order valence-corrected chi connectivity index (χ0v) is 17.9. The monoisotopic (exact) mass is 448 g/mol. The molecule has 1 fully saturated rings. The highest BCUT2D eigenvalue weighted by Gasteiger charge is 2.27. The second-order valence-electron chi connectivity index (χ2n) is 7.53. The highest BCUT2D eigenvalue weighted by Crippen LogP contribution is 2.17. The molecule has 31 heavy (non-hydrogen) atoms. The molecule has 3 rings (SSSR count). The molecule has 4 N–H and O–H groups in total. The van der Waals surface area contributed by atoms with E-state index in [9.17, 15) is 22.4 Å². The maximum Gasteiger partial charge on any atom is 0.251 e. The number of carbonyl (C=O) groups is 2. The first kappa shape index (κ1) is 22.9. The summed E-state index contributed by atoms with van der Waals surface area (Å²) in [6, 6.07) is 10.6. The van der Waals surface area contributed by atoms with Gasteiger partial charge in [-0.2, -0.15) is 0 Å². The maximum absolute atomic E-state index is 13.0. The number of piperidine rings is 1. The lowest BCUT2D eigenvalue weighted by molar-refractivity contribution is -0.121. The second-order valence-corrected chi connectivity index (χ2v) is 9.09. The number of hydrogen-bond acceptors (Lipinski definition) is 5. The molecule has 1 aliphatic rings. The molecular formula is C21H25FN4O4S. The van der Waals surface area contributed by atoms with E-state index in [-0.39, 0.29) is 22.8 Å². The van der Waals surface area contributed by atoms with Crippen LogP contribution in [0.5, 0.6) is 0 Å². The van der Waals surface area contributed by atoms with Gasteiger partial charge in [-0.05, 0) is 68.3 Å². The predicted molar refractivity (Wildman–Crippen MR) is 114 cm³/mol. The van der Waals surface area contributed by atoms with E-state index in [0.717, 1.165) is 0 Å². The highest BCUT2D eigenvalue weighted by molar-refractivity contribution is 7.89. The average molecular weight is 449 g/mol. The van der Waals surface area contributed by atoms with Crippen molar-refractivity contribution in [2.45, 2.75) is 36.7 Å². The summed E-state index contributed by atoms with van der Waals surface area (Å²) in [5.74, 6) is -0.846. The van der Waals surface area contributed by atoms with E-state index < -0.39 is 21.9 Å². The SMILES string of the molecule is CC(C(=O)Nc1ccc(S(N)(=O)=O)cc1)N1CCC(NC(=O)c2ccc(F)cc2)CC1. The molecule has 0 radical (unpaired) electrons. The van der Waals surface area contributed by atoms with Gasteiger partial charge in [0, 0.05) is 30.4 Å². The molecule has 166 valence electrons. The number of rotatable bonds is 6. The van der Waals surface area contributed by atoms with Crippen LogP contribution >= 0.6 is 0 Å². The normalized spacial score (nSPS) is 16.5. The molecule has 10 heteroatoms. The Morgan fingerprint density at radius 2 is 1.65 bits per heavy atom. The van der Waals surface area contributed by atoms with Crippen molar-refractivity contribution in [1.29, 1.82) is 0 Å². The van der Waals surface area contributed by atoms with E-state index in [2.05, 4.69) is 10.6 Å². The van der Waals surface area contributed by atoms with Crippen LogP contribution in [0.2, 0.25) is 0 Å². The van der Waals surface area contributed by atoms with Gasteiger partial charge in [0.2, 0.25) is 15.9 Å². The van der Waals surface area contributed by atoms with Gasteiger partial charge in [-0.25, -0.2) is 17.9 Å². The Morgan fingerprint density at radius 3 is 2.19 bits per heavy atom. The van der Waals surface area contributed by atoms with Gasteiger partial charge in [0.1, 0.15) is 5.82 Å². The molecular weight excluding hydrogens is 423 g/mol. The Bertz CT molecular complexity index is 1030. The van der Waals surface area contributed by atoms with Crippen LogP contribution < -0.4 is 15.8 Å². The predicted octanol–water partition coefficient (Wildman–Crippen LogP) is 1.69. The third kappa shape index (κ3) is 6.09. The molecule has 2 aromatic rings. The van der Waals surface area contributed by atoms with E-state index >= 15 is 0 Å². The standard InChI is InChI=1S/C21H25FN4O4S/c1-14(20(27)24-17-6-8-19(9-7-17)31(23,29)30)26-12-10-18(11-13-26)25-21(28)15-2-4-16(22)5-3-15/h2-9,14,18H,10-13H2,1H3,(H,24,27)(H,25,28)(H2,23,29,30). The smallest absolute Gasteiger partial charge is 0.251 e. The number of halogens is 1. The topological polar surface area (TPSA) is 122 Å². The fourth-order valence-corrected chi connectivity index (χ4v) is 3.96. The summed E-state index contributed by atoms with van der Waals surface area (Å²) in [5, 5.41) is 10.8. The van der Waals surface area contributed by atoms with Crippen LogP contribution in [0.3, 0.4) is 0 Å². The lowest BCUT2D eigenvalue weighted by atomic mass is 10.0. The fraction of sp³-hybridized carbons (Fsp3) is 0.333. The van der Waals surface area contributed by atoms with Crippen molar-refractivity contribution >= 4 is 27.5 Å². The number of amides is 2. The Balaban J connectivity index is 1.49. The molecule has 1 atom stereocenters. The molecule has 0 aliphatic carbocycles. The first-order chi connectivity index (χ1) is 14.6. The molecule has 0 bridgehead atoms. The average Bonchev–Trinajstić information content (AvgIpc) is 2.74.